The molecule has 1 N–H and O–H groups in total. The summed E-state index contributed by atoms with van der Waals surface area (Å²) in [4.78, 5) is 13.8. The Kier molecular flexibility index (Phi) is 7.04. The second-order valence-electron chi connectivity index (χ2n) is 7.54. The van der Waals surface area contributed by atoms with Crippen LogP contribution in [0.3, 0.4) is 0 Å². The summed E-state index contributed by atoms with van der Waals surface area (Å²) in [6.45, 7) is 2.18. The van der Waals surface area contributed by atoms with Crippen molar-refractivity contribution in [1.29, 1.82) is 5.26 Å². The van der Waals surface area contributed by atoms with E-state index in [1.165, 1.54) is 28.0 Å². The first-order chi connectivity index (χ1) is 15.5. The van der Waals surface area contributed by atoms with Crippen molar-refractivity contribution in [3.8, 4) is 11.8 Å². The molecule has 1 aromatic carbocycles. The van der Waals surface area contributed by atoms with E-state index in [0.29, 0.717) is 32.3 Å². The van der Waals surface area contributed by atoms with Crippen LogP contribution in [0.1, 0.15) is 40.2 Å². The monoisotopic (exact) mass is 487 g/mol. The van der Waals surface area contributed by atoms with Gasteiger partial charge in [-0.15, -0.1) is 21.5 Å². The normalized spacial score (nSPS) is 12.8. The molecule has 2 aromatic heterocycles. The Morgan fingerprint density at radius 2 is 2.19 bits per heavy atom. The van der Waals surface area contributed by atoms with Crippen molar-refractivity contribution in [3.63, 3.8) is 0 Å². The van der Waals surface area contributed by atoms with Crippen LogP contribution in [-0.4, -0.2) is 26.4 Å². The summed E-state index contributed by atoms with van der Waals surface area (Å²) in [5.74, 6) is 1.22. The molecular weight excluding hydrogens is 466 g/mol. The van der Waals surface area contributed by atoms with E-state index in [2.05, 4.69) is 21.6 Å². The van der Waals surface area contributed by atoms with Gasteiger partial charge in [0.25, 0.3) is 0 Å². The lowest BCUT2D eigenvalue weighted by atomic mass is 9.96. The topological polar surface area (TPSA) is 92.8 Å². The number of aromatic nitrogens is 3. The number of thiophene rings is 1. The third kappa shape index (κ3) is 4.93. The summed E-state index contributed by atoms with van der Waals surface area (Å²) in [5, 5.41) is 22.6. The van der Waals surface area contributed by atoms with Gasteiger partial charge < -0.3 is 14.6 Å². The minimum Gasteiger partial charge on any atom is -0.484 e. The molecule has 0 saturated heterocycles. The SMILES string of the molecule is Cc1ccc(Cl)c(OCc2nnc(SCC(=O)Nc3sc4c(c3C#N)CCCC4)n2C)c1. The van der Waals surface area contributed by atoms with Gasteiger partial charge in [0.2, 0.25) is 5.91 Å². The largest absolute Gasteiger partial charge is 0.484 e. The summed E-state index contributed by atoms with van der Waals surface area (Å²) in [6.07, 6.45) is 4.12. The van der Waals surface area contributed by atoms with Crippen LogP contribution in [0.2, 0.25) is 5.02 Å². The maximum Gasteiger partial charge on any atom is 0.235 e. The molecule has 0 spiro atoms. The summed E-state index contributed by atoms with van der Waals surface area (Å²) in [6, 6.07) is 7.86. The lowest BCUT2D eigenvalue weighted by molar-refractivity contribution is -0.113. The number of halogens is 1. The Morgan fingerprint density at radius 1 is 1.38 bits per heavy atom. The molecule has 166 valence electrons. The molecule has 32 heavy (non-hydrogen) atoms. The second kappa shape index (κ2) is 9.94. The second-order valence-corrected chi connectivity index (χ2v) is 10.00. The number of thioether (sulfide) groups is 1. The Labute approximate surface area is 199 Å². The van der Waals surface area contributed by atoms with Crippen molar-refractivity contribution in [2.45, 2.75) is 44.4 Å². The number of carbonyl (C=O) groups is 1. The van der Waals surface area contributed by atoms with E-state index in [4.69, 9.17) is 16.3 Å². The van der Waals surface area contributed by atoms with Crippen LogP contribution in [0.4, 0.5) is 5.00 Å². The quantitative estimate of drug-likeness (QED) is 0.476. The Bertz CT molecular complexity index is 1200. The van der Waals surface area contributed by atoms with Gasteiger partial charge in [0.1, 0.15) is 23.4 Å². The molecule has 7 nitrogen and oxygen atoms in total. The van der Waals surface area contributed by atoms with Crippen molar-refractivity contribution >= 4 is 45.6 Å². The number of amides is 1. The van der Waals surface area contributed by atoms with Gasteiger partial charge in [0.05, 0.1) is 16.3 Å². The number of benzene rings is 1. The van der Waals surface area contributed by atoms with Crippen LogP contribution in [0.25, 0.3) is 0 Å². The number of nitrogens with one attached hydrogen (secondary N) is 1. The molecule has 1 amide bonds. The van der Waals surface area contributed by atoms with Crippen LogP contribution in [-0.2, 0) is 31.3 Å². The zero-order valence-electron chi connectivity index (χ0n) is 17.8. The maximum absolute atomic E-state index is 12.5. The first-order valence-electron chi connectivity index (χ1n) is 10.2. The van der Waals surface area contributed by atoms with Crippen molar-refractivity contribution in [1.82, 2.24) is 14.8 Å². The van der Waals surface area contributed by atoms with Crippen LogP contribution < -0.4 is 10.1 Å². The summed E-state index contributed by atoms with van der Waals surface area (Å²) >= 11 is 8.99. The molecule has 3 aromatic rings. The fourth-order valence-corrected chi connectivity index (χ4v) is 5.68. The third-order valence-electron chi connectivity index (χ3n) is 5.24. The van der Waals surface area contributed by atoms with E-state index >= 15 is 0 Å². The van der Waals surface area contributed by atoms with E-state index < -0.39 is 0 Å². The summed E-state index contributed by atoms with van der Waals surface area (Å²) < 4.78 is 7.59. The van der Waals surface area contributed by atoms with Gasteiger partial charge in [-0.1, -0.05) is 29.4 Å². The van der Waals surface area contributed by atoms with Crippen LogP contribution in [0.15, 0.2) is 23.4 Å². The van der Waals surface area contributed by atoms with Crippen LogP contribution in [0.5, 0.6) is 5.75 Å². The molecular formula is C22H22ClN5O2S2. The highest BCUT2D eigenvalue weighted by atomic mass is 35.5. The molecule has 0 atom stereocenters. The van der Waals surface area contributed by atoms with Crippen LogP contribution in [0, 0.1) is 18.3 Å². The molecule has 2 heterocycles. The van der Waals surface area contributed by atoms with Gasteiger partial charge in [-0.2, -0.15) is 5.26 Å². The fourth-order valence-electron chi connectivity index (χ4n) is 3.52. The molecule has 1 aliphatic rings. The zero-order chi connectivity index (χ0) is 22.7. The number of rotatable bonds is 7. The zero-order valence-corrected chi connectivity index (χ0v) is 20.2. The van der Waals surface area contributed by atoms with Gasteiger partial charge in [-0.25, -0.2) is 0 Å². The molecule has 4 rings (SSSR count). The molecule has 0 aliphatic heterocycles. The predicted octanol–water partition coefficient (Wildman–Crippen LogP) is 4.90. The van der Waals surface area contributed by atoms with E-state index in [0.717, 1.165) is 36.8 Å². The van der Waals surface area contributed by atoms with E-state index in [-0.39, 0.29) is 18.3 Å². The van der Waals surface area contributed by atoms with Crippen molar-refractivity contribution in [3.05, 3.63) is 50.6 Å². The number of anilines is 1. The molecule has 10 heteroatoms. The molecule has 0 fully saturated rings. The number of aryl methyl sites for hydroxylation is 2. The predicted molar refractivity (Wildman–Crippen MR) is 127 cm³/mol. The highest BCUT2D eigenvalue weighted by Crippen LogP contribution is 2.37. The van der Waals surface area contributed by atoms with E-state index in [9.17, 15) is 10.1 Å². The fraction of sp³-hybridized carbons (Fsp3) is 0.364. The number of hydrogen-bond acceptors (Lipinski definition) is 7. The van der Waals surface area contributed by atoms with Gasteiger partial charge >= 0.3 is 0 Å². The highest BCUT2D eigenvalue weighted by Gasteiger charge is 2.22. The van der Waals surface area contributed by atoms with Crippen molar-refractivity contribution in [2.75, 3.05) is 11.1 Å². The Balaban J connectivity index is 1.35. The summed E-state index contributed by atoms with van der Waals surface area (Å²) in [7, 11) is 1.83. The number of carbonyl (C=O) groups excluding carboxylic acids is 1. The smallest absolute Gasteiger partial charge is 0.235 e. The van der Waals surface area contributed by atoms with E-state index in [1.54, 1.807) is 10.6 Å². The number of hydrogen-bond donors (Lipinski definition) is 1. The Morgan fingerprint density at radius 3 is 3.00 bits per heavy atom. The Hall–Kier alpha value is -2.54. The number of nitrogens with zero attached hydrogens (tertiary/aromatic N) is 4. The standard InChI is InChI=1S/C22H22ClN5O2S2/c1-13-7-8-16(23)17(9-13)30-11-19-26-27-22(28(19)2)31-12-20(29)25-21-15(10-24)14-5-3-4-6-18(14)32-21/h7-9H,3-6,11-12H2,1-2H3,(H,25,29). The first-order valence-corrected chi connectivity index (χ1v) is 12.4. The van der Waals surface area contributed by atoms with Crippen molar-refractivity contribution < 1.29 is 9.53 Å². The highest BCUT2D eigenvalue weighted by molar-refractivity contribution is 7.99. The lowest BCUT2D eigenvalue weighted by Crippen LogP contribution is -2.14. The average molecular weight is 488 g/mol. The molecule has 0 bridgehead atoms. The molecule has 0 radical (unpaired) electrons. The lowest BCUT2D eigenvalue weighted by Gasteiger charge is -2.09. The van der Waals surface area contributed by atoms with Gasteiger partial charge in [0.15, 0.2) is 11.0 Å². The molecule has 1 aliphatic carbocycles. The van der Waals surface area contributed by atoms with E-state index in [1.807, 2.05) is 26.1 Å². The van der Waals surface area contributed by atoms with Gasteiger partial charge in [-0.05, 0) is 55.9 Å². The average Bonchev–Trinajstić information content (AvgIpc) is 3.32. The van der Waals surface area contributed by atoms with Gasteiger partial charge in [-0.3, -0.25) is 4.79 Å². The summed E-state index contributed by atoms with van der Waals surface area (Å²) in [5.41, 5.74) is 2.78. The number of fused-ring (bicyclic) bond motifs is 1. The minimum atomic E-state index is -0.169. The van der Waals surface area contributed by atoms with Crippen molar-refractivity contribution in [2.24, 2.45) is 7.05 Å². The third-order valence-corrected chi connectivity index (χ3v) is 7.78. The maximum atomic E-state index is 12.5. The molecule has 0 unspecified atom stereocenters. The number of nitriles is 1. The van der Waals surface area contributed by atoms with Crippen LogP contribution >= 0.6 is 34.7 Å². The van der Waals surface area contributed by atoms with Gasteiger partial charge in [0, 0.05) is 11.9 Å². The minimum absolute atomic E-state index is 0.169. The first kappa shape index (κ1) is 22.6. The number of ether oxygens (including phenoxy) is 1. The molecule has 0 saturated carbocycles.